The van der Waals surface area contributed by atoms with Gasteiger partial charge in [-0.2, -0.15) is 0 Å². The van der Waals surface area contributed by atoms with Gasteiger partial charge in [-0.1, -0.05) is 12.1 Å². The standard InChI is InChI=1S/C15H16O5/c1-17-11-7-5-6-9-12(11)15(20-4)14(19-3)10(8-16)13(9)18-2/h5-8H,1-4H3. The summed E-state index contributed by atoms with van der Waals surface area (Å²) in [6, 6.07) is 5.47. The van der Waals surface area contributed by atoms with Crippen LogP contribution < -0.4 is 18.9 Å². The Morgan fingerprint density at radius 2 is 1.50 bits per heavy atom. The minimum absolute atomic E-state index is 0.313. The first-order chi connectivity index (χ1) is 9.73. The smallest absolute Gasteiger partial charge is 0.175 e. The fourth-order valence-corrected chi connectivity index (χ4v) is 2.33. The monoisotopic (exact) mass is 276 g/mol. The highest BCUT2D eigenvalue weighted by Crippen LogP contribution is 2.48. The van der Waals surface area contributed by atoms with Crippen molar-refractivity contribution in [3.05, 3.63) is 23.8 Å². The Hall–Kier alpha value is -2.43. The Bertz CT molecular complexity index is 648. The maximum Gasteiger partial charge on any atom is 0.175 e. The molecular formula is C15H16O5. The second-order valence-electron chi connectivity index (χ2n) is 4.01. The quantitative estimate of drug-likeness (QED) is 0.786. The molecule has 2 rings (SSSR count). The summed E-state index contributed by atoms with van der Waals surface area (Å²) in [7, 11) is 6.07. The molecule has 0 unspecified atom stereocenters. The number of carbonyl (C=O) groups is 1. The molecule has 5 heteroatoms. The lowest BCUT2D eigenvalue weighted by atomic mass is 10.0. The van der Waals surface area contributed by atoms with E-state index in [0.29, 0.717) is 40.2 Å². The summed E-state index contributed by atoms with van der Waals surface area (Å²) in [6.45, 7) is 0. The molecule has 0 spiro atoms. The minimum Gasteiger partial charge on any atom is -0.496 e. The first kappa shape index (κ1) is 14.0. The van der Waals surface area contributed by atoms with Crippen molar-refractivity contribution >= 4 is 17.1 Å². The normalized spacial score (nSPS) is 10.2. The number of rotatable bonds is 5. The van der Waals surface area contributed by atoms with E-state index < -0.39 is 0 Å². The Kier molecular flexibility index (Phi) is 3.98. The van der Waals surface area contributed by atoms with E-state index in [4.69, 9.17) is 18.9 Å². The van der Waals surface area contributed by atoms with Crippen LogP contribution in [-0.4, -0.2) is 34.7 Å². The average Bonchev–Trinajstić information content (AvgIpc) is 2.51. The molecule has 0 atom stereocenters. The van der Waals surface area contributed by atoms with Crippen LogP contribution in [0.1, 0.15) is 10.4 Å². The van der Waals surface area contributed by atoms with Crippen molar-refractivity contribution in [3.63, 3.8) is 0 Å². The van der Waals surface area contributed by atoms with Crippen molar-refractivity contribution in [2.24, 2.45) is 0 Å². The summed E-state index contributed by atoms with van der Waals surface area (Å²) in [5.74, 6) is 1.83. The third-order valence-corrected chi connectivity index (χ3v) is 3.14. The molecule has 0 saturated heterocycles. The van der Waals surface area contributed by atoms with Crippen LogP contribution in [0.2, 0.25) is 0 Å². The molecule has 0 aliphatic carbocycles. The summed E-state index contributed by atoms with van der Waals surface area (Å²) < 4.78 is 21.5. The molecule has 0 bridgehead atoms. The third-order valence-electron chi connectivity index (χ3n) is 3.14. The molecule has 0 aromatic heterocycles. The van der Waals surface area contributed by atoms with Gasteiger partial charge in [0.1, 0.15) is 17.1 Å². The molecule has 0 aliphatic rings. The minimum atomic E-state index is 0.313. The molecule has 0 radical (unpaired) electrons. The zero-order valence-corrected chi connectivity index (χ0v) is 11.9. The van der Waals surface area contributed by atoms with Crippen molar-refractivity contribution in [1.29, 1.82) is 0 Å². The van der Waals surface area contributed by atoms with Gasteiger partial charge in [0.25, 0.3) is 0 Å². The lowest BCUT2D eigenvalue weighted by Gasteiger charge is -2.18. The van der Waals surface area contributed by atoms with Gasteiger partial charge in [-0.05, 0) is 6.07 Å². The number of carbonyl (C=O) groups excluding carboxylic acids is 1. The van der Waals surface area contributed by atoms with Crippen LogP contribution in [0.3, 0.4) is 0 Å². The molecule has 0 saturated carbocycles. The van der Waals surface area contributed by atoms with Crippen LogP contribution in [0.25, 0.3) is 10.8 Å². The van der Waals surface area contributed by atoms with E-state index >= 15 is 0 Å². The molecule has 106 valence electrons. The SMILES string of the molecule is COc1c(C=O)c(OC)c2cccc(OC)c2c1OC. The van der Waals surface area contributed by atoms with Crippen molar-refractivity contribution in [3.8, 4) is 23.0 Å². The highest BCUT2D eigenvalue weighted by Gasteiger charge is 2.23. The van der Waals surface area contributed by atoms with Crippen molar-refractivity contribution in [2.75, 3.05) is 28.4 Å². The van der Waals surface area contributed by atoms with E-state index in [-0.39, 0.29) is 0 Å². The summed E-state index contributed by atoms with van der Waals surface area (Å²) in [6.07, 6.45) is 0.694. The molecule has 2 aromatic rings. The number of hydrogen-bond acceptors (Lipinski definition) is 5. The first-order valence-corrected chi connectivity index (χ1v) is 5.97. The number of aldehydes is 1. The molecular weight excluding hydrogens is 260 g/mol. The second-order valence-corrected chi connectivity index (χ2v) is 4.01. The van der Waals surface area contributed by atoms with E-state index in [9.17, 15) is 4.79 Å². The Balaban J connectivity index is 3.05. The summed E-state index contributed by atoms with van der Waals surface area (Å²) in [4.78, 5) is 11.4. The number of ether oxygens (including phenoxy) is 4. The van der Waals surface area contributed by atoms with Gasteiger partial charge in [-0.3, -0.25) is 4.79 Å². The van der Waals surface area contributed by atoms with E-state index in [0.717, 1.165) is 5.39 Å². The van der Waals surface area contributed by atoms with Gasteiger partial charge in [0.05, 0.1) is 33.8 Å². The van der Waals surface area contributed by atoms with Gasteiger partial charge < -0.3 is 18.9 Å². The summed E-state index contributed by atoms with van der Waals surface area (Å²) in [5, 5.41) is 1.43. The number of methoxy groups -OCH3 is 4. The van der Waals surface area contributed by atoms with Crippen LogP contribution >= 0.6 is 0 Å². The molecule has 0 aliphatic heterocycles. The van der Waals surface area contributed by atoms with Crippen molar-refractivity contribution in [1.82, 2.24) is 0 Å². The Labute approximate surface area is 117 Å². The Morgan fingerprint density at radius 1 is 0.850 bits per heavy atom. The Morgan fingerprint density at radius 3 is 2.00 bits per heavy atom. The van der Waals surface area contributed by atoms with Gasteiger partial charge in [-0.25, -0.2) is 0 Å². The van der Waals surface area contributed by atoms with E-state index in [1.807, 2.05) is 18.2 Å². The zero-order valence-electron chi connectivity index (χ0n) is 11.9. The molecule has 0 heterocycles. The largest absolute Gasteiger partial charge is 0.496 e. The lowest BCUT2D eigenvalue weighted by Crippen LogP contribution is -2.01. The topological polar surface area (TPSA) is 54.0 Å². The molecule has 0 N–H and O–H groups in total. The van der Waals surface area contributed by atoms with Gasteiger partial charge in [-0.15, -0.1) is 0 Å². The van der Waals surface area contributed by atoms with Crippen LogP contribution in [0.5, 0.6) is 23.0 Å². The second kappa shape index (κ2) is 5.69. The van der Waals surface area contributed by atoms with Crippen molar-refractivity contribution < 1.29 is 23.7 Å². The van der Waals surface area contributed by atoms with Crippen LogP contribution in [0, 0.1) is 0 Å². The van der Waals surface area contributed by atoms with Gasteiger partial charge >= 0.3 is 0 Å². The van der Waals surface area contributed by atoms with Gasteiger partial charge in [0.2, 0.25) is 0 Å². The summed E-state index contributed by atoms with van der Waals surface area (Å²) >= 11 is 0. The van der Waals surface area contributed by atoms with Crippen molar-refractivity contribution in [2.45, 2.75) is 0 Å². The van der Waals surface area contributed by atoms with E-state index in [2.05, 4.69) is 0 Å². The highest BCUT2D eigenvalue weighted by molar-refractivity contribution is 6.06. The van der Waals surface area contributed by atoms with Crippen LogP contribution in [0.4, 0.5) is 0 Å². The number of benzene rings is 2. The van der Waals surface area contributed by atoms with Crippen LogP contribution in [0.15, 0.2) is 18.2 Å². The maximum atomic E-state index is 11.4. The number of fused-ring (bicyclic) bond motifs is 1. The molecule has 20 heavy (non-hydrogen) atoms. The lowest BCUT2D eigenvalue weighted by molar-refractivity contribution is 0.111. The predicted octanol–water partition coefficient (Wildman–Crippen LogP) is 2.69. The maximum absolute atomic E-state index is 11.4. The fraction of sp³-hybridized carbons (Fsp3) is 0.267. The average molecular weight is 276 g/mol. The van der Waals surface area contributed by atoms with Crippen LogP contribution in [-0.2, 0) is 0 Å². The highest BCUT2D eigenvalue weighted by atomic mass is 16.5. The molecule has 5 nitrogen and oxygen atoms in total. The van der Waals surface area contributed by atoms with E-state index in [1.165, 1.54) is 21.3 Å². The predicted molar refractivity (Wildman–Crippen MR) is 75.5 cm³/mol. The molecule has 0 fully saturated rings. The zero-order chi connectivity index (χ0) is 14.7. The summed E-state index contributed by atoms with van der Waals surface area (Å²) in [5.41, 5.74) is 0.313. The van der Waals surface area contributed by atoms with Gasteiger partial charge in [0.15, 0.2) is 17.8 Å². The van der Waals surface area contributed by atoms with E-state index in [1.54, 1.807) is 7.11 Å². The van der Waals surface area contributed by atoms with Gasteiger partial charge in [0, 0.05) is 5.39 Å². The molecule has 0 amide bonds. The molecule has 2 aromatic carbocycles. The number of hydrogen-bond donors (Lipinski definition) is 0. The third kappa shape index (κ3) is 1.91. The first-order valence-electron chi connectivity index (χ1n) is 5.97. The fourth-order valence-electron chi connectivity index (χ4n) is 2.33.